The molecule has 1 rings (SSSR count). The molecule has 0 saturated carbocycles. The monoisotopic (exact) mass is 282 g/mol. The number of rotatable bonds is 8. The highest BCUT2D eigenvalue weighted by Gasteiger charge is 2.16. The average Bonchev–Trinajstić information content (AvgIpc) is 2.86. The third kappa shape index (κ3) is 5.77. The summed E-state index contributed by atoms with van der Waals surface area (Å²) in [6, 6.07) is 3.53. The van der Waals surface area contributed by atoms with Gasteiger partial charge in [-0.3, -0.25) is 4.79 Å². The molecule has 0 bridgehead atoms. The van der Waals surface area contributed by atoms with Crippen molar-refractivity contribution in [2.24, 2.45) is 0 Å². The van der Waals surface area contributed by atoms with Crippen LogP contribution in [0.1, 0.15) is 32.4 Å². The van der Waals surface area contributed by atoms with Gasteiger partial charge in [0.15, 0.2) is 0 Å². The maximum atomic E-state index is 12.0. The van der Waals surface area contributed by atoms with Gasteiger partial charge in [-0.05, 0) is 32.4 Å². The third-order valence-electron chi connectivity index (χ3n) is 2.90. The number of carboxylic acid groups (broad SMARTS) is 1. The fourth-order valence-electron chi connectivity index (χ4n) is 1.84. The van der Waals surface area contributed by atoms with Crippen LogP contribution in [-0.2, 0) is 11.2 Å². The lowest BCUT2D eigenvalue weighted by atomic mass is 10.2. The van der Waals surface area contributed by atoms with Gasteiger partial charge in [0, 0.05) is 32.0 Å². The van der Waals surface area contributed by atoms with Gasteiger partial charge in [-0.25, -0.2) is 4.79 Å². The molecule has 0 saturated heterocycles. The molecular weight excluding hydrogens is 260 g/mol. The molecular formula is C14H22N2O4. The van der Waals surface area contributed by atoms with Crippen molar-refractivity contribution in [2.45, 2.75) is 39.2 Å². The summed E-state index contributed by atoms with van der Waals surface area (Å²) in [6.07, 6.45) is 2.77. The Morgan fingerprint density at radius 1 is 1.45 bits per heavy atom. The number of hydrogen-bond acceptors (Lipinski definition) is 3. The number of furan rings is 1. The number of nitrogens with one attached hydrogen (secondary N) is 1. The van der Waals surface area contributed by atoms with E-state index in [1.54, 1.807) is 11.2 Å². The SMILES string of the molecule is CC(C)N(CCCC(=O)O)C(=O)NCCc1ccco1. The summed E-state index contributed by atoms with van der Waals surface area (Å²) in [5.74, 6) is -0.0146. The van der Waals surface area contributed by atoms with Gasteiger partial charge in [0.1, 0.15) is 5.76 Å². The van der Waals surface area contributed by atoms with Crippen molar-refractivity contribution in [3.8, 4) is 0 Å². The van der Waals surface area contributed by atoms with E-state index in [2.05, 4.69) is 5.32 Å². The van der Waals surface area contributed by atoms with Crippen LogP contribution in [0.4, 0.5) is 4.79 Å². The Bertz CT molecular complexity index is 415. The Morgan fingerprint density at radius 2 is 2.20 bits per heavy atom. The molecule has 1 heterocycles. The first-order chi connectivity index (χ1) is 9.50. The zero-order chi connectivity index (χ0) is 15.0. The summed E-state index contributed by atoms with van der Waals surface area (Å²) < 4.78 is 5.18. The van der Waals surface area contributed by atoms with Crippen molar-refractivity contribution in [1.82, 2.24) is 10.2 Å². The van der Waals surface area contributed by atoms with Crippen molar-refractivity contribution < 1.29 is 19.1 Å². The Kier molecular flexibility index (Phi) is 6.63. The summed E-state index contributed by atoms with van der Waals surface area (Å²) in [6.45, 7) is 4.75. The number of nitrogens with zero attached hydrogens (tertiary/aromatic N) is 1. The highest BCUT2D eigenvalue weighted by atomic mass is 16.4. The Labute approximate surface area is 118 Å². The van der Waals surface area contributed by atoms with Gasteiger partial charge < -0.3 is 19.7 Å². The van der Waals surface area contributed by atoms with Crippen LogP contribution in [0.5, 0.6) is 0 Å². The van der Waals surface area contributed by atoms with Gasteiger partial charge in [-0.1, -0.05) is 0 Å². The molecule has 2 N–H and O–H groups in total. The minimum Gasteiger partial charge on any atom is -0.481 e. The van der Waals surface area contributed by atoms with Crippen LogP contribution in [0.15, 0.2) is 22.8 Å². The molecule has 0 aliphatic carbocycles. The first kappa shape index (κ1) is 16.1. The summed E-state index contributed by atoms with van der Waals surface area (Å²) >= 11 is 0. The summed E-state index contributed by atoms with van der Waals surface area (Å²) in [7, 11) is 0. The molecule has 0 radical (unpaired) electrons. The Morgan fingerprint density at radius 3 is 2.75 bits per heavy atom. The fourth-order valence-corrected chi connectivity index (χ4v) is 1.84. The summed E-state index contributed by atoms with van der Waals surface area (Å²) in [5.41, 5.74) is 0. The van der Waals surface area contributed by atoms with Crippen molar-refractivity contribution in [1.29, 1.82) is 0 Å². The average molecular weight is 282 g/mol. The van der Waals surface area contributed by atoms with Crippen molar-refractivity contribution in [2.75, 3.05) is 13.1 Å². The topological polar surface area (TPSA) is 82.8 Å². The van der Waals surface area contributed by atoms with Crippen LogP contribution in [0.2, 0.25) is 0 Å². The van der Waals surface area contributed by atoms with Crippen LogP contribution in [0, 0.1) is 0 Å². The molecule has 0 spiro atoms. The molecule has 6 heteroatoms. The van der Waals surface area contributed by atoms with Crippen molar-refractivity contribution >= 4 is 12.0 Å². The molecule has 0 fully saturated rings. The molecule has 0 aliphatic heterocycles. The van der Waals surface area contributed by atoms with Gasteiger partial charge in [0.2, 0.25) is 0 Å². The molecule has 0 aromatic carbocycles. The molecule has 20 heavy (non-hydrogen) atoms. The minimum absolute atomic E-state index is 0.0346. The van der Waals surface area contributed by atoms with Gasteiger partial charge in [-0.15, -0.1) is 0 Å². The minimum atomic E-state index is -0.841. The number of carbonyl (C=O) groups excluding carboxylic acids is 1. The molecule has 1 aromatic heterocycles. The molecule has 2 amide bonds. The number of urea groups is 1. The number of amides is 2. The van der Waals surface area contributed by atoms with Crippen LogP contribution in [0.25, 0.3) is 0 Å². The highest BCUT2D eigenvalue weighted by molar-refractivity contribution is 5.74. The quantitative estimate of drug-likeness (QED) is 0.765. The fraction of sp³-hybridized carbons (Fsp3) is 0.571. The molecule has 0 atom stereocenters. The zero-order valence-electron chi connectivity index (χ0n) is 12.0. The first-order valence-electron chi connectivity index (χ1n) is 6.79. The molecule has 0 aliphatic rings. The number of aliphatic carboxylic acids is 1. The van der Waals surface area contributed by atoms with Crippen LogP contribution in [-0.4, -0.2) is 41.1 Å². The first-order valence-corrected chi connectivity index (χ1v) is 6.79. The van der Waals surface area contributed by atoms with E-state index in [0.717, 1.165) is 5.76 Å². The third-order valence-corrected chi connectivity index (χ3v) is 2.90. The van der Waals surface area contributed by atoms with E-state index in [0.29, 0.717) is 25.9 Å². The van der Waals surface area contributed by atoms with E-state index in [1.807, 2.05) is 26.0 Å². The van der Waals surface area contributed by atoms with E-state index in [4.69, 9.17) is 9.52 Å². The van der Waals surface area contributed by atoms with E-state index >= 15 is 0 Å². The summed E-state index contributed by atoms with van der Waals surface area (Å²) in [5, 5.41) is 11.4. The highest BCUT2D eigenvalue weighted by Crippen LogP contribution is 2.04. The molecule has 1 aromatic rings. The number of carbonyl (C=O) groups is 2. The second-order valence-corrected chi connectivity index (χ2v) is 4.85. The van der Waals surface area contributed by atoms with Crippen LogP contribution < -0.4 is 5.32 Å². The lowest BCUT2D eigenvalue weighted by Gasteiger charge is -2.26. The normalized spacial score (nSPS) is 10.6. The predicted octanol–water partition coefficient (Wildman–Crippen LogP) is 2.11. The van der Waals surface area contributed by atoms with Crippen molar-refractivity contribution in [3.05, 3.63) is 24.2 Å². The molecule has 0 unspecified atom stereocenters. The zero-order valence-corrected chi connectivity index (χ0v) is 12.0. The van der Waals surface area contributed by atoms with Crippen LogP contribution >= 0.6 is 0 Å². The Hall–Kier alpha value is -1.98. The van der Waals surface area contributed by atoms with Gasteiger partial charge in [0.25, 0.3) is 0 Å². The van der Waals surface area contributed by atoms with E-state index in [9.17, 15) is 9.59 Å². The standard InChI is InChI=1S/C14H22N2O4/c1-11(2)16(9-3-6-13(17)18)14(19)15-8-7-12-5-4-10-20-12/h4-5,10-11H,3,6-9H2,1-2H3,(H,15,19)(H,17,18). The van der Waals surface area contributed by atoms with Gasteiger partial charge in [-0.2, -0.15) is 0 Å². The second-order valence-electron chi connectivity index (χ2n) is 4.85. The number of carboxylic acids is 1. The number of hydrogen-bond donors (Lipinski definition) is 2. The van der Waals surface area contributed by atoms with Gasteiger partial charge >= 0.3 is 12.0 Å². The van der Waals surface area contributed by atoms with E-state index in [1.165, 1.54) is 0 Å². The maximum absolute atomic E-state index is 12.0. The maximum Gasteiger partial charge on any atom is 0.317 e. The summed E-state index contributed by atoms with van der Waals surface area (Å²) in [4.78, 5) is 24.2. The molecule has 112 valence electrons. The molecule has 6 nitrogen and oxygen atoms in total. The largest absolute Gasteiger partial charge is 0.481 e. The van der Waals surface area contributed by atoms with E-state index < -0.39 is 5.97 Å². The smallest absolute Gasteiger partial charge is 0.317 e. The predicted molar refractivity (Wildman–Crippen MR) is 74.5 cm³/mol. The van der Waals surface area contributed by atoms with Crippen molar-refractivity contribution in [3.63, 3.8) is 0 Å². The van der Waals surface area contributed by atoms with Gasteiger partial charge in [0.05, 0.1) is 6.26 Å². The Balaban J connectivity index is 2.33. The van der Waals surface area contributed by atoms with Crippen LogP contribution in [0.3, 0.4) is 0 Å². The lowest BCUT2D eigenvalue weighted by Crippen LogP contribution is -2.45. The second kappa shape index (κ2) is 8.24. The van der Waals surface area contributed by atoms with E-state index in [-0.39, 0.29) is 18.5 Å². The lowest BCUT2D eigenvalue weighted by molar-refractivity contribution is -0.137.